The lowest BCUT2D eigenvalue weighted by molar-refractivity contribution is 0.343. The molecule has 0 N–H and O–H groups in total. The van der Waals surface area contributed by atoms with E-state index in [2.05, 4.69) is 20.9 Å². The van der Waals surface area contributed by atoms with Gasteiger partial charge in [0.05, 0.1) is 10.4 Å². The molecule has 29 heavy (non-hydrogen) atoms. The van der Waals surface area contributed by atoms with Gasteiger partial charge in [-0.3, -0.25) is 0 Å². The fourth-order valence-corrected chi connectivity index (χ4v) is 5.59. The average Bonchev–Trinajstić information content (AvgIpc) is 3.12. The van der Waals surface area contributed by atoms with Gasteiger partial charge in [0.2, 0.25) is 10.0 Å². The third kappa shape index (κ3) is 3.58. The third-order valence-corrected chi connectivity index (χ3v) is 7.67. The highest BCUT2D eigenvalue weighted by Gasteiger charge is 2.32. The van der Waals surface area contributed by atoms with Gasteiger partial charge in [-0.15, -0.1) is 0 Å². The molecule has 0 spiro atoms. The highest BCUT2D eigenvalue weighted by Crippen LogP contribution is 2.33. The van der Waals surface area contributed by atoms with Crippen LogP contribution in [0.1, 0.15) is 17.5 Å². The molecule has 0 bridgehead atoms. The van der Waals surface area contributed by atoms with E-state index in [0.29, 0.717) is 22.2 Å². The first kappa shape index (κ1) is 20.4. The zero-order chi connectivity index (χ0) is 20.9. The Morgan fingerprint density at radius 3 is 2.59 bits per heavy atom. The molecular formula is C21H19BrF2N2O2S. The van der Waals surface area contributed by atoms with Crippen LogP contribution in [0, 0.1) is 19.7 Å². The van der Waals surface area contributed by atoms with Gasteiger partial charge in [-0.1, -0.05) is 28.1 Å². The van der Waals surface area contributed by atoms with Crippen molar-refractivity contribution in [3.63, 3.8) is 0 Å². The topological polar surface area (TPSA) is 50.3 Å². The van der Waals surface area contributed by atoms with Crippen LogP contribution in [-0.4, -0.2) is 37.0 Å². The minimum Gasteiger partial charge on any atom is -0.246 e. The van der Waals surface area contributed by atoms with Crippen LogP contribution >= 0.6 is 15.9 Å². The van der Waals surface area contributed by atoms with Gasteiger partial charge in [0.15, 0.2) is 5.82 Å². The maximum absolute atomic E-state index is 15.1. The number of pyridine rings is 1. The Morgan fingerprint density at radius 2 is 1.93 bits per heavy atom. The van der Waals surface area contributed by atoms with E-state index in [9.17, 15) is 12.8 Å². The van der Waals surface area contributed by atoms with Crippen molar-refractivity contribution in [3.05, 3.63) is 57.8 Å². The second kappa shape index (κ2) is 7.41. The molecule has 152 valence electrons. The normalized spacial score (nSPS) is 17.9. The van der Waals surface area contributed by atoms with Crippen LogP contribution in [0.2, 0.25) is 0 Å². The van der Waals surface area contributed by atoms with Crippen molar-refractivity contribution >= 4 is 36.9 Å². The van der Waals surface area contributed by atoms with Crippen molar-refractivity contribution in [2.75, 3.05) is 13.1 Å². The number of alkyl halides is 1. The van der Waals surface area contributed by atoms with Crippen LogP contribution in [0.15, 0.2) is 45.8 Å². The molecule has 1 fully saturated rings. The van der Waals surface area contributed by atoms with Crippen LogP contribution in [0.5, 0.6) is 0 Å². The quantitative estimate of drug-likeness (QED) is 0.520. The lowest BCUT2D eigenvalue weighted by Gasteiger charge is -2.17. The summed E-state index contributed by atoms with van der Waals surface area (Å²) < 4.78 is 56.1. The number of aryl methyl sites for hydroxylation is 2. The number of sulfonamides is 1. The van der Waals surface area contributed by atoms with Crippen molar-refractivity contribution in [3.8, 4) is 11.3 Å². The van der Waals surface area contributed by atoms with Crippen LogP contribution in [-0.2, 0) is 10.0 Å². The molecule has 2 aromatic carbocycles. The predicted molar refractivity (Wildman–Crippen MR) is 113 cm³/mol. The van der Waals surface area contributed by atoms with E-state index in [1.165, 1.54) is 12.1 Å². The summed E-state index contributed by atoms with van der Waals surface area (Å²) in [6.45, 7) is 3.46. The zero-order valence-electron chi connectivity index (χ0n) is 15.9. The van der Waals surface area contributed by atoms with Crippen molar-refractivity contribution in [1.29, 1.82) is 0 Å². The summed E-state index contributed by atoms with van der Waals surface area (Å²) in [6.07, 6.45) is -0.930. The fourth-order valence-electron chi connectivity index (χ4n) is 3.68. The van der Waals surface area contributed by atoms with E-state index in [0.717, 1.165) is 14.2 Å². The van der Waals surface area contributed by atoms with Gasteiger partial charge in [0.1, 0.15) is 11.9 Å². The SMILES string of the molecule is Cc1cc(S(=O)(=O)N2CC[C@H](F)C2)ccc1-c1nc2cc(Br)ccc2c(C)c1F. The summed E-state index contributed by atoms with van der Waals surface area (Å²) in [5, 5.41) is 0.723. The molecule has 0 unspecified atom stereocenters. The van der Waals surface area contributed by atoms with E-state index >= 15 is 4.39 Å². The van der Waals surface area contributed by atoms with Gasteiger partial charge >= 0.3 is 0 Å². The molecule has 0 radical (unpaired) electrons. The maximum Gasteiger partial charge on any atom is 0.243 e. The van der Waals surface area contributed by atoms with E-state index in [4.69, 9.17) is 0 Å². The van der Waals surface area contributed by atoms with E-state index in [1.807, 2.05) is 18.2 Å². The summed E-state index contributed by atoms with van der Waals surface area (Å²) in [7, 11) is -3.78. The molecule has 0 saturated carbocycles. The number of rotatable bonds is 3. The molecule has 4 nitrogen and oxygen atoms in total. The number of hydrogen-bond donors (Lipinski definition) is 0. The second-order valence-electron chi connectivity index (χ2n) is 7.29. The van der Waals surface area contributed by atoms with Crippen LogP contribution < -0.4 is 0 Å². The van der Waals surface area contributed by atoms with E-state index in [1.54, 1.807) is 19.9 Å². The lowest BCUT2D eigenvalue weighted by atomic mass is 10.0. The standard InChI is InChI=1S/C21H19BrF2N2O2S/c1-12-9-16(29(27,28)26-8-7-15(23)11-26)4-6-17(12)21-20(24)13(2)18-5-3-14(22)10-19(18)25-21/h3-6,9-10,15H,7-8,11H2,1-2H3/t15-/m0/s1. The molecule has 8 heteroatoms. The number of aromatic nitrogens is 1. The summed E-state index contributed by atoms with van der Waals surface area (Å²) in [4.78, 5) is 4.57. The van der Waals surface area contributed by atoms with Crippen molar-refractivity contribution < 1.29 is 17.2 Å². The molecule has 4 rings (SSSR count). The minimum absolute atomic E-state index is 0.0773. The summed E-state index contributed by atoms with van der Waals surface area (Å²) >= 11 is 3.41. The smallest absolute Gasteiger partial charge is 0.243 e. The molecule has 0 aliphatic carbocycles. The Balaban J connectivity index is 1.80. The van der Waals surface area contributed by atoms with Crippen molar-refractivity contribution in [2.24, 2.45) is 0 Å². The number of fused-ring (bicyclic) bond motifs is 1. The fraction of sp³-hybridized carbons (Fsp3) is 0.286. The molecule has 2 heterocycles. The van der Waals surface area contributed by atoms with Crippen LogP contribution in [0.25, 0.3) is 22.2 Å². The number of nitrogens with zero attached hydrogens (tertiary/aromatic N) is 2. The Bertz CT molecular complexity index is 1230. The largest absolute Gasteiger partial charge is 0.246 e. The monoisotopic (exact) mass is 480 g/mol. The zero-order valence-corrected chi connectivity index (χ0v) is 18.3. The number of benzene rings is 2. The Kier molecular flexibility index (Phi) is 5.21. The molecule has 1 atom stereocenters. The average molecular weight is 481 g/mol. The Hall–Kier alpha value is -1.90. The first-order valence-electron chi connectivity index (χ1n) is 9.19. The first-order valence-corrected chi connectivity index (χ1v) is 11.4. The van der Waals surface area contributed by atoms with Crippen molar-refractivity contribution in [2.45, 2.75) is 31.3 Å². The molecule has 1 saturated heterocycles. The summed E-state index contributed by atoms with van der Waals surface area (Å²) in [6, 6.07) is 9.97. The Labute approximate surface area is 176 Å². The molecule has 1 aliphatic heterocycles. The molecular weight excluding hydrogens is 462 g/mol. The highest BCUT2D eigenvalue weighted by molar-refractivity contribution is 9.10. The van der Waals surface area contributed by atoms with Crippen molar-refractivity contribution in [1.82, 2.24) is 9.29 Å². The first-order chi connectivity index (χ1) is 13.7. The lowest BCUT2D eigenvalue weighted by Crippen LogP contribution is -2.29. The van der Waals surface area contributed by atoms with Gasteiger partial charge in [-0.25, -0.2) is 22.2 Å². The Morgan fingerprint density at radius 1 is 1.17 bits per heavy atom. The minimum atomic E-state index is -3.78. The van der Waals surface area contributed by atoms with Gasteiger partial charge in [0.25, 0.3) is 0 Å². The van der Waals surface area contributed by atoms with E-state index in [-0.39, 0.29) is 30.1 Å². The molecule has 1 aromatic heterocycles. The predicted octanol–water partition coefficient (Wildman–Crippen LogP) is 5.15. The summed E-state index contributed by atoms with van der Waals surface area (Å²) in [5.74, 6) is -0.432. The molecule has 1 aliphatic rings. The highest BCUT2D eigenvalue weighted by atomic mass is 79.9. The van der Waals surface area contributed by atoms with Gasteiger partial charge in [-0.05, 0) is 55.7 Å². The second-order valence-corrected chi connectivity index (χ2v) is 10.1. The number of halogens is 3. The summed E-state index contributed by atoms with van der Waals surface area (Å²) in [5.41, 5.74) is 2.42. The maximum atomic E-state index is 15.1. The van der Waals surface area contributed by atoms with Crippen LogP contribution in [0.3, 0.4) is 0 Å². The van der Waals surface area contributed by atoms with Crippen LogP contribution in [0.4, 0.5) is 8.78 Å². The third-order valence-electron chi connectivity index (χ3n) is 5.32. The van der Waals surface area contributed by atoms with Gasteiger partial charge in [0, 0.05) is 28.5 Å². The number of hydrogen-bond acceptors (Lipinski definition) is 3. The van der Waals surface area contributed by atoms with Gasteiger partial charge < -0.3 is 0 Å². The van der Waals surface area contributed by atoms with Gasteiger partial charge in [-0.2, -0.15) is 4.31 Å². The molecule has 0 amide bonds. The van der Waals surface area contributed by atoms with E-state index < -0.39 is 22.0 Å². The molecule has 3 aromatic rings.